The first-order chi connectivity index (χ1) is 16.5. The number of anilines is 1. The van der Waals surface area contributed by atoms with Crippen LogP contribution in [0.4, 0.5) is 5.69 Å². The van der Waals surface area contributed by atoms with Gasteiger partial charge < -0.3 is 14.8 Å². The zero-order chi connectivity index (χ0) is 24.5. The van der Waals surface area contributed by atoms with E-state index >= 15 is 0 Å². The third-order valence-electron chi connectivity index (χ3n) is 4.77. The molecule has 34 heavy (non-hydrogen) atoms. The first kappa shape index (κ1) is 25.2. The van der Waals surface area contributed by atoms with E-state index in [4.69, 9.17) is 21.1 Å². The van der Waals surface area contributed by atoms with Crippen molar-refractivity contribution in [3.63, 3.8) is 0 Å². The Bertz CT molecular complexity index is 1390. The van der Waals surface area contributed by atoms with Gasteiger partial charge in [-0.3, -0.25) is 14.2 Å². The average molecular weight is 498 g/mol. The normalized spacial score (nSPS) is 12.2. The number of nitrogens with one attached hydrogen (secondary N) is 1. The fourth-order valence-electron chi connectivity index (χ4n) is 3.25. The Morgan fingerprint density at radius 1 is 1.26 bits per heavy atom. The van der Waals surface area contributed by atoms with Crippen LogP contribution >= 0.6 is 22.9 Å². The molecule has 0 unspecified atom stereocenters. The molecule has 7 nitrogen and oxygen atoms in total. The molecule has 176 valence electrons. The van der Waals surface area contributed by atoms with E-state index in [1.165, 1.54) is 4.57 Å². The number of hydrogen-bond donors (Lipinski definition) is 1. The second-order valence-corrected chi connectivity index (χ2v) is 8.61. The maximum Gasteiger partial charge on any atom is 0.269 e. The highest BCUT2D eigenvalue weighted by Crippen LogP contribution is 2.24. The number of nitriles is 1. The number of ether oxygens (including phenoxy) is 2. The summed E-state index contributed by atoms with van der Waals surface area (Å²) in [5.74, 6) is -0.125. The molecule has 0 aliphatic carbocycles. The van der Waals surface area contributed by atoms with Gasteiger partial charge in [0.2, 0.25) is 0 Å². The van der Waals surface area contributed by atoms with Crippen LogP contribution in [0.15, 0.2) is 53.3 Å². The van der Waals surface area contributed by atoms with Gasteiger partial charge in [-0.05, 0) is 49.2 Å². The van der Waals surface area contributed by atoms with Crippen molar-refractivity contribution in [3.05, 3.63) is 78.7 Å². The van der Waals surface area contributed by atoms with Crippen molar-refractivity contribution in [3.8, 4) is 11.8 Å². The van der Waals surface area contributed by atoms with Crippen molar-refractivity contribution in [2.75, 3.05) is 25.6 Å². The average Bonchev–Trinajstić information content (AvgIpc) is 3.11. The highest BCUT2D eigenvalue weighted by Gasteiger charge is 2.17. The van der Waals surface area contributed by atoms with Crippen molar-refractivity contribution in [1.82, 2.24) is 4.57 Å². The standard InChI is InChI=1S/C25H24ClN3O4S/c1-3-33-21-11-5-4-10-20(21)28-23(30)19(16-27)25-29(12-7-13-32-2)24(31)22(34-25)15-17-8-6-9-18(26)14-17/h4-6,8-11,14-15H,3,7,12-13H2,1-2H3,(H,28,30)/b22-15-,25-19-. The van der Waals surface area contributed by atoms with Crippen molar-refractivity contribution in [2.24, 2.45) is 0 Å². The summed E-state index contributed by atoms with van der Waals surface area (Å²) in [6, 6.07) is 16.0. The van der Waals surface area contributed by atoms with Crippen molar-refractivity contribution in [2.45, 2.75) is 19.9 Å². The molecule has 1 amide bonds. The highest BCUT2D eigenvalue weighted by molar-refractivity contribution is 7.07. The number of hydrogen-bond acceptors (Lipinski definition) is 6. The monoisotopic (exact) mass is 497 g/mol. The van der Waals surface area contributed by atoms with Crippen LogP contribution in [0.5, 0.6) is 5.75 Å². The van der Waals surface area contributed by atoms with Gasteiger partial charge in [-0.25, -0.2) is 0 Å². The molecule has 1 aromatic heterocycles. The molecule has 3 rings (SSSR count). The van der Waals surface area contributed by atoms with Gasteiger partial charge in [0.05, 0.1) is 16.8 Å². The minimum absolute atomic E-state index is 0.156. The first-order valence-corrected chi connectivity index (χ1v) is 11.8. The SMILES string of the molecule is CCOc1ccccc1NC(=O)/C(C#N)=c1\s/c(=C\c2cccc(Cl)c2)c(=O)n1CCCOC. The lowest BCUT2D eigenvalue weighted by Crippen LogP contribution is -2.34. The van der Waals surface area contributed by atoms with Crippen LogP contribution in [0.1, 0.15) is 18.9 Å². The third kappa shape index (κ3) is 6.14. The van der Waals surface area contributed by atoms with Gasteiger partial charge >= 0.3 is 0 Å². The topological polar surface area (TPSA) is 93.4 Å². The first-order valence-electron chi connectivity index (χ1n) is 10.6. The van der Waals surface area contributed by atoms with Gasteiger partial charge in [-0.1, -0.05) is 35.9 Å². The van der Waals surface area contributed by atoms with Gasteiger partial charge in [0.25, 0.3) is 11.5 Å². The Morgan fingerprint density at radius 3 is 2.76 bits per heavy atom. The second kappa shape index (κ2) is 12.2. The molecule has 2 aromatic carbocycles. The zero-order valence-electron chi connectivity index (χ0n) is 18.8. The Labute approximate surface area is 206 Å². The van der Waals surface area contributed by atoms with Crippen LogP contribution in [0.3, 0.4) is 0 Å². The molecule has 0 atom stereocenters. The molecule has 3 aromatic rings. The molecule has 0 fully saturated rings. The quantitative estimate of drug-likeness (QED) is 0.458. The van der Waals surface area contributed by atoms with Crippen LogP contribution in [-0.2, 0) is 16.1 Å². The molecule has 0 bridgehead atoms. The maximum atomic E-state index is 13.2. The van der Waals surface area contributed by atoms with Gasteiger partial charge in [-0.15, -0.1) is 11.3 Å². The summed E-state index contributed by atoms with van der Waals surface area (Å²) < 4.78 is 12.8. The number of carbonyl (C=O) groups is 1. The number of nitrogens with zero attached hydrogens (tertiary/aromatic N) is 2. The summed E-state index contributed by atoms with van der Waals surface area (Å²) in [6.45, 7) is 3.00. The van der Waals surface area contributed by atoms with Crippen LogP contribution in [0.25, 0.3) is 11.6 Å². The lowest BCUT2D eigenvalue weighted by Gasteiger charge is -2.11. The maximum absolute atomic E-state index is 13.2. The largest absolute Gasteiger partial charge is 0.492 e. The Morgan fingerprint density at radius 2 is 2.06 bits per heavy atom. The molecule has 0 aliphatic rings. The number of methoxy groups -OCH3 is 1. The van der Waals surface area contributed by atoms with Crippen LogP contribution in [0, 0.1) is 11.3 Å². The number of benzene rings is 2. The predicted octanol–water partition coefficient (Wildman–Crippen LogP) is 3.14. The van der Waals surface area contributed by atoms with E-state index in [0.29, 0.717) is 47.2 Å². The molecule has 9 heteroatoms. The predicted molar refractivity (Wildman–Crippen MR) is 135 cm³/mol. The van der Waals surface area contributed by atoms with E-state index in [0.717, 1.165) is 16.9 Å². The molecule has 0 saturated carbocycles. The summed E-state index contributed by atoms with van der Waals surface area (Å²) in [5, 5.41) is 13.2. The fraction of sp³-hybridized carbons (Fsp3) is 0.240. The molecule has 1 heterocycles. The van der Waals surface area contributed by atoms with E-state index in [2.05, 4.69) is 5.32 Å². The van der Waals surface area contributed by atoms with E-state index < -0.39 is 5.91 Å². The molecule has 0 saturated heterocycles. The lowest BCUT2D eigenvalue weighted by molar-refractivity contribution is -0.111. The Balaban J connectivity index is 2.13. The van der Waals surface area contributed by atoms with Gasteiger partial charge in [0, 0.05) is 25.3 Å². The Kier molecular flexibility index (Phi) is 9.05. The summed E-state index contributed by atoms with van der Waals surface area (Å²) in [6.07, 6.45) is 2.25. The van der Waals surface area contributed by atoms with Gasteiger partial charge in [-0.2, -0.15) is 5.26 Å². The van der Waals surface area contributed by atoms with Crippen LogP contribution < -0.4 is 24.8 Å². The van der Waals surface area contributed by atoms with E-state index in [1.807, 2.05) is 19.1 Å². The summed E-state index contributed by atoms with van der Waals surface area (Å²) in [4.78, 5) is 26.3. The smallest absolute Gasteiger partial charge is 0.269 e. The van der Waals surface area contributed by atoms with Crippen molar-refractivity contribution >= 4 is 46.2 Å². The number of thiazole rings is 1. The number of para-hydroxylation sites is 2. The molecular formula is C25H24ClN3O4S. The summed E-state index contributed by atoms with van der Waals surface area (Å²) >= 11 is 7.16. The molecular weight excluding hydrogens is 474 g/mol. The van der Waals surface area contributed by atoms with Gasteiger partial charge in [0.1, 0.15) is 16.5 Å². The lowest BCUT2D eigenvalue weighted by atomic mass is 10.2. The van der Waals surface area contributed by atoms with Crippen LogP contribution in [0.2, 0.25) is 5.02 Å². The van der Waals surface area contributed by atoms with Crippen molar-refractivity contribution < 1.29 is 14.3 Å². The Hall–Kier alpha value is -3.38. The number of amides is 1. The number of aromatic nitrogens is 1. The van der Waals surface area contributed by atoms with E-state index in [1.54, 1.807) is 55.7 Å². The minimum atomic E-state index is -0.620. The second-order valence-electron chi connectivity index (χ2n) is 7.14. The molecule has 0 aliphatic heterocycles. The van der Waals surface area contributed by atoms with Gasteiger partial charge in [0.15, 0.2) is 5.57 Å². The number of rotatable bonds is 9. The zero-order valence-corrected chi connectivity index (χ0v) is 20.4. The molecule has 0 radical (unpaired) electrons. The van der Waals surface area contributed by atoms with E-state index in [9.17, 15) is 14.9 Å². The van der Waals surface area contributed by atoms with E-state index in [-0.39, 0.29) is 15.8 Å². The number of carbonyl (C=O) groups excluding carboxylic acids is 1. The summed E-state index contributed by atoms with van der Waals surface area (Å²) in [7, 11) is 1.58. The third-order valence-corrected chi connectivity index (χ3v) is 6.14. The van der Waals surface area contributed by atoms with Crippen LogP contribution in [-0.4, -0.2) is 30.8 Å². The number of halogens is 1. The molecule has 1 N–H and O–H groups in total. The minimum Gasteiger partial charge on any atom is -0.492 e. The van der Waals surface area contributed by atoms with Crippen molar-refractivity contribution in [1.29, 1.82) is 5.26 Å². The molecule has 0 spiro atoms. The fourth-order valence-corrected chi connectivity index (χ4v) is 4.58. The summed E-state index contributed by atoms with van der Waals surface area (Å²) in [5.41, 5.74) is 0.746. The highest BCUT2D eigenvalue weighted by atomic mass is 35.5.